The third-order valence-corrected chi connectivity index (χ3v) is 5.25. The number of phenols is 1. The summed E-state index contributed by atoms with van der Waals surface area (Å²) in [5, 5.41) is 12.4. The van der Waals surface area contributed by atoms with Gasteiger partial charge in [-0.1, -0.05) is 23.5 Å². The molecular formula is C12H12N2O4S2. The number of amides is 1. The van der Waals surface area contributed by atoms with Crippen molar-refractivity contribution >= 4 is 32.2 Å². The molecule has 2 rings (SSSR count). The molecule has 0 fully saturated rings. The number of carbonyl (C=O) groups is 1. The number of benzene rings is 1. The lowest BCUT2D eigenvalue weighted by Crippen LogP contribution is -2.12. The van der Waals surface area contributed by atoms with E-state index in [0.717, 1.165) is 17.6 Å². The lowest BCUT2D eigenvalue weighted by molar-refractivity contribution is 0.102. The number of thiazole rings is 1. The quantitative estimate of drug-likeness (QED) is 0.901. The Labute approximate surface area is 120 Å². The van der Waals surface area contributed by atoms with Gasteiger partial charge in [-0.25, -0.2) is 13.4 Å². The molecule has 1 heterocycles. The maximum Gasteiger partial charge on any atom is 0.261 e. The third-order valence-electron chi connectivity index (χ3n) is 2.55. The maximum absolute atomic E-state index is 12.0. The van der Waals surface area contributed by atoms with Gasteiger partial charge in [0.05, 0.1) is 11.8 Å². The summed E-state index contributed by atoms with van der Waals surface area (Å²) in [6.07, 6.45) is 2.25. The van der Waals surface area contributed by atoms with E-state index in [9.17, 15) is 18.3 Å². The van der Waals surface area contributed by atoms with Gasteiger partial charge in [0.15, 0.2) is 15.0 Å². The first-order valence-electron chi connectivity index (χ1n) is 5.55. The van der Waals surface area contributed by atoms with Gasteiger partial charge in [0.1, 0.15) is 9.96 Å². The zero-order valence-electron chi connectivity index (χ0n) is 10.7. The van der Waals surface area contributed by atoms with Crippen LogP contribution in [0.5, 0.6) is 5.75 Å². The van der Waals surface area contributed by atoms with E-state index in [-0.39, 0.29) is 20.7 Å². The number of aryl methyl sites for hydroxylation is 1. The van der Waals surface area contributed by atoms with Crippen molar-refractivity contribution in [1.29, 1.82) is 0 Å². The minimum atomic E-state index is -3.34. The van der Waals surface area contributed by atoms with Gasteiger partial charge in [-0.2, -0.15) is 0 Å². The fourth-order valence-electron chi connectivity index (χ4n) is 1.50. The van der Waals surface area contributed by atoms with Gasteiger partial charge in [-0.15, -0.1) is 0 Å². The standard InChI is InChI=1S/C12H12N2O4S2/c1-7-4-3-5-8(10(7)15)11(16)14-12-13-6-9(19-12)20(2,17)18/h3-6,15H,1-2H3,(H,13,14,16). The van der Waals surface area contributed by atoms with Crippen LogP contribution >= 0.6 is 11.3 Å². The van der Waals surface area contributed by atoms with Crippen molar-refractivity contribution in [3.05, 3.63) is 35.5 Å². The highest BCUT2D eigenvalue weighted by molar-refractivity contribution is 7.92. The third kappa shape index (κ3) is 2.97. The summed E-state index contributed by atoms with van der Waals surface area (Å²) >= 11 is 0.860. The monoisotopic (exact) mass is 312 g/mol. The van der Waals surface area contributed by atoms with E-state index in [1.807, 2.05) is 0 Å². The minimum absolute atomic E-state index is 0.0706. The molecule has 0 saturated heterocycles. The molecule has 20 heavy (non-hydrogen) atoms. The van der Waals surface area contributed by atoms with Crippen LogP contribution in [0.2, 0.25) is 0 Å². The first-order valence-corrected chi connectivity index (χ1v) is 8.25. The number of hydrogen-bond donors (Lipinski definition) is 2. The van der Waals surface area contributed by atoms with E-state index in [2.05, 4.69) is 10.3 Å². The Morgan fingerprint density at radius 1 is 1.40 bits per heavy atom. The SMILES string of the molecule is Cc1cccc(C(=O)Nc2ncc(S(C)(=O)=O)s2)c1O. The largest absolute Gasteiger partial charge is 0.507 e. The summed E-state index contributed by atoms with van der Waals surface area (Å²) in [6, 6.07) is 4.80. The number of hydrogen-bond acceptors (Lipinski definition) is 6. The van der Waals surface area contributed by atoms with Crippen molar-refractivity contribution in [1.82, 2.24) is 4.98 Å². The van der Waals surface area contributed by atoms with Crippen LogP contribution in [-0.2, 0) is 9.84 Å². The summed E-state index contributed by atoms with van der Waals surface area (Å²) < 4.78 is 22.7. The van der Waals surface area contributed by atoms with E-state index >= 15 is 0 Å². The Kier molecular flexibility index (Phi) is 3.78. The van der Waals surface area contributed by atoms with E-state index in [0.29, 0.717) is 5.56 Å². The summed E-state index contributed by atoms with van der Waals surface area (Å²) in [5.41, 5.74) is 0.690. The summed E-state index contributed by atoms with van der Waals surface area (Å²) in [7, 11) is -3.34. The average Bonchev–Trinajstić information content (AvgIpc) is 2.81. The molecule has 6 nitrogen and oxygen atoms in total. The van der Waals surface area contributed by atoms with Crippen LogP contribution in [0.1, 0.15) is 15.9 Å². The topological polar surface area (TPSA) is 96.4 Å². The Bertz CT molecular complexity index is 766. The number of aromatic hydroxyl groups is 1. The molecule has 0 spiro atoms. The number of phenolic OH excluding ortho intramolecular Hbond substituents is 1. The van der Waals surface area contributed by atoms with Crippen LogP contribution in [0, 0.1) is 6.92 Å². The Balaban J connectivity index is 2.24. The number of nitrogens with one attached hydrogen (secondary N) is 1. The average molecular weight is 312 g/mol. The summed E-state index contributed by atoms with van der Waals surface area (Å²) in [5.74, 6) is -0.648. The molecule has 1 amide bonds. The van der Waals surface area contributed by atoms with Crippen molar-refractivity contribution < 1.29 is 18.3 Å². The first-order chi connectivity index (χ1) is 9.29. The molecule has 0 bridgehead atoms. The van der Waals surface area contributed by atoms with Crippen molar-refractivity contribution in [2.45, 2.75) is 11.1 Å². The summed E-state index contributed by atoms with van der Waals surface area (Å²) in [4.78, 5) is 15.8. The molecular weight excluding hydrogens is 300 g/mol. The van der Waals surface area contributed by atoms with Crippen LogP contribution < -0.4 is 5.32 Å². The molecule has 0 unspecified atom stereocenters. The molecule has 1 aromatic heterocycles. The Hall–Kier alpha value is -1.93. The van der Waals surface area contributed by atoms with Crippen LogP contribution in [0.15, 0.2) is 28.6 Å². The highest BCUT2D eigenvalue weighted by Crippen LogP contribution is 2.25. The van der Waals surface area contributed by atoms with E-state index in [1.165, 1.54) is 12.3 Å². The van der Waals surface area contributed by atoms with Crippen LogP contribution in [0.25, 0.3) is 0 Å². The normalized spacial score (nSPS) is 11.3. The fourth-order valence-corrected chi connectivity index (χ4v) is 3.13. The van der Waals surface area contributed by atoms with Gasteiger partial charge in [-0.05, 0) is 18.6 Å². The second-order valence-electron chi connectivity index (χ2n) is 4.18. The lowest BCUT2D eigenvalue weighted by Gasteiger charge is -2.06. The first kappa shape index (κ1) is 14.5. The molecule has 2 aromatic rings. The molecule has 0 aliphatic carbocycles. The van der Waals surface area contributed by atoms with Gasteiger partial charge in [0, 0.05) is 6.26 Å². The smallest absolute Gasteiger partial charge is 0.261 e. The molecule has 106 valence electrons. The number of para-hydroxylation sites is 1. The number of anilines is 1. The predicted octanol–water partition coefficient (Wildman–Crippen LogP) is 1.81. The van der Waals surface area contributed by atoms with E-state index in [4.69, 9.17) is 0 Å². The van der Waals surface area contributed by atoms with Crippen molar-refractivity contribution in [2.24, 2.45) is 0 Å². The van der Waals surface area contributed by atoms with Gasteiger partial charge in [-0.3, -0.25) is 10.1 Å². The van der Waals surface area contributed by atoms with E-state index in [1.54, 1.807) is 19.1 Å². The number of aromatic nitrogens is 1. The van der Waals surface area contributed by atoms with Crippen molar-refractivity contribution in [3.63, 3.8) is 0 Å². The van der Waals surface area contributed by atoms with Gasteiger partial charge in [0.2, 0.25) is 0 Å². The fraction of sp³-hybridized carbons (Fsp3) is 0.167. The molecule has 1 aromatic carbocycles. The predicted molar refractivity (Wildman–Crippen MR) is 76.0 cm³/mol. The highest BCUT2D eigenvalue weighted by atomic mass is 32.2. The molecule has 0 aliphatic heterocycles. The van der Waals surface area contributed by atoms with Gasteiger partial charge < -0.3 is 5.11 Å². The summed E-state index contributed by atoms with van der Waals surface area (Å²) in [6.45, 7) is 1.68. The lowest BCUT2D eigenvalue weighted by atomic mass is 10.1. The zero-order valence-corrected chi connectivity index (χ0v) is 12.4. The van der Waals surface area contributed by atoms with E-state index < -0.39 is 15.7 Å². The van der Waals surface area contributed by atoms with Gasteiger partial charge >= 0.3 is 0 Å². The zero-order chi connectivity index (χ0) is 14.9. The molecule has 8 heteroatoms. The van der Waals surface area contributed by atoms with Crippen LogP contribution in [0.4, 0.5) is 5.13 Å². The number of sulfone groups is 1. The second-order valence-corrected chi connectivity index (χ2v) is 7.46. The molecule has 0 atom stereocenters. The van der Waals surface area contributed by atoms with Crippen molar-refractivity contribution in [3.8, 4) is 5.75 Å². The molecule has 0 saturated carbocycles. The van der Waals surface area contributed by atoms with Crippen LogP contribution in [-0.4, -0.2) is 30.7 Å². The van der Waals surface area contributed by atoms with Crippen molar-refractivity contribution in [2.75, 3.05) is 11.6 Å². The molecule has 2 N–H and O–H groups in total. The highest BCUT2D eigenvalue weighted by Gasteiger charge is 2.16. The molecule has 0 radical (unpaired) electrons. The van der Waals surface area contributed by atoms with Crippen LogP contribution in [0.3, 0.4) is 0 Å². The Morgan fingerprint density at radius 2 is 2.10 bits per heavy atom. The number of rotatable bonds is 3. The maximum atomic E-state index is 12.0. The minimum Gasteiger partial charge on any atom is -0.507 e. The number of carbonyl (C=O) groups excluding carboxylic acids is 1. The van der Waals surface area contributed by atoms with Gasteiger partial charge in [0.25, 0.3) is 5.91 Å². The second kappa shape index (κ2) is 5.22. The Morgan fingerprint density at radius 3 is 2.70 bits per heavy atom. The number of nitrogens with zero attached hydrogens (tertiary/aromatic N) is 1. The molecule has 0 aliphatic rings.